The molecule has 0 unspecified atom stereocenters. The number of carbonyl (C=O) groups is 1. The van der Waals surface area contributed by atoms with Crippen molar-refractivity contribution in [2.75, 3.05) is 12.4 Å². The van der Waals surface area contributed by atoms with Crippen LogP contribution in [0.15, 0.2) is 10.2 Å². The fraction of sp³-hybridized carbons (Fsp3) is 0.286. The van der Waals surface area contributed by atoms with Gasteiger partial charge in [-0.3, -0.25) is 4.79 Å². The van der Waals surface area contributed by atoms with Gasteiger partial charge in [0.2, 0.25) is 5.43 Å². The first kappa shape index (κ1) is 14.9. The van der Waals surface area contributed by atoms with Crippen molar-refractivity contribution < 1.29 is 18.7 Å². The predicted molar refractivity (Wildman–Crippen MR) is 79.6 cm³/mol. The van der Waals surface area contributed by atoms with Gasteiger partial charge in [0, 0.05) is 23.5 Å². The molecule has 1 aromatic carbocycles. The summed E-state index contributed by atoms with van der Waals surface area (Å²) in [4.78, 5) is 23.3. The summed E-state index contributed by atoms with van der Waals surface area (Å²) in [7, 11) is 1.38. The molecule has 0 spiro atoms. The van der Waals surface area contributed by atoms with Crippen LogP contribution in [0.5, 0.6) is 0 Å². The molecule has 8 heteroatoms. The van der Waals surface area contributed by atoms with Crippen molar-refractivity contribution in [3.63, 3.8) is 0 Å². The number of hydrogen-bond acceptors (Lipinski definition) is 5. The molecule has 0 amide bonds. The van der Waals surface area contributed by atoms with Gasteiger partial charge in [-0.05, 0) is 12.8 Å². The molecule has 1 fully saturated rings. The van der Waals surface area contributed by atoms with Crippen molar-refractivity contribution in [2.45, 2.75) is 18.4 Å². The van der Waals surface area contributed by atoms with Crippen LogP contribution >= 0.6 is 11.3 Å². The third kappa shape index (κ3) is 1.91. The number of halogens is 2. The maximum atomic E-state index is 14.7. The van der Waals surface area contributed by atoms with Crippen LogP contribution in [0.1, 0.15) is 28.8 Å². The molecule has 1 aliphatic carbocycles. The van der Waals surface area contributed by atoms with Gasteiger partial charge in [-0.2, -0.15) is 0 Å². The Morgan fingerprint density at radius 2 is 2.05 bits per heavy atom. The molecule has 1 heterocycles. The highest BCUT2D eigenvalue weighted by Crippen LogP contribution is 2.48. The zero-order valence-electron chi connectivity index (χ0n) is 11.5. The van der Waals surface area contributed by atoms with E-state index in [-0.39, 0.29) is 21.3 Å². The molecule has 1 aromatic heterocycles. The van der Waals surface area contributed by atoms with Crippen LogP contribution in [0.25, 0.3) is 10.1 Å². The lowest BCUT2D eigenvalue weighted by Gasteiger charge is -2.17. The Kier molecular flexibility index (Phi) is 3.19. The Morgan fingerprint density at radius 1 is 1.41 bits per heavy atom. The number of aromatic carboxylic acids is 1. The molecule has 0 aliphatic heterocycles. The topological polar surface area (TPSA) is 92.4 Å². The lowest BCUT2D eigenvalue weighted by Crippen LogP contribution is -2.24. The SMILES string of the molecule is CNc1c(F)c(C2(N)CC2)c(F)c2scc(C(=O)O)c(=O)c12. The van der Waals surface area contributed by atoms with Crippen LogP contribution in [0.4, 0.5) is 14.5 Å². The molecule has 4 N–H and O–H groups in total. The van der Waals surface area contributed by atoms with Crippen LogP contribution in [0, 0.1) is 11.6 Å². The molecule has 2 aromatic rings. The number of fused-ring (bicyclic) bond motifs is 1. The van der Waals surface area contributed by atoms with Gasteiger partial charge in [-0.1, -0.05) is 0 Å². The number of carboxylic acids is 1. The van der Waals surface area contributed by atoms with Gasteiger partial charge in [0.1, 0.15) is 11.4 Å². The van der Waals surface area contributed by atoms with E-state index in [0.29, 0.717) is 12.8 Å². The first-order chi connectivity index (χ1) is 10.3. The van der Waals surface area contributed by atoms with Gasteiger partial charge in [0.15, 0.2) is 5.82 Å². The highest BCUT2D eigenvalue weighted by Gasteiger charge is 2.46. The number of nitrogens with one attached hydrogen (secondary N) is 1. The molecule has 0 atom stereocenters. The summed E-state index contributed by atoms with van der Waals surface area (Å²) < 4.78 is 29.2. The fourth-order valence-corrected chi connectivity index (χ4v) is 3.47. The molecule has 22 heavy (non-hydrogen) atoms. The van der Waals surface area contributed by atoms with E-state index in [2.05, 4.69) is 5.32 Å². The molecule has 0 radical (unpaired) electrons. The van der Waals surface area contributed by atoms with Crippen LogP contribution in [-0.2, 0) is 5.54 Å². The van der Waals surface area contributed by atoms with E-state index in [1.165, 1.54) is 7.05 Å². The van der Waals surface area contributed by atoms with E-state index in [4.69, 9.17) is 10.8 Å². The first-order valence-electron chi connectivity index (χ1n) is 6.48. The van der Waals surface area contributed by atoms with E-state index >= 15 is 0 Å². The quantitative estimate of drug-likeness (QED) is 0.804. The van der Waals surface area contributed by atoms with Gasteiger partial charge in [-0.15, -0.1) is 11.3 Å². The van der Waals surface area contributed by atoms with Gasteiger partial charge >= 0.3 is 5.97 Å². The maximum Gasteiger partial charge on any atom is 0.340 e. The highest BCUT2D eigenvalue weighted by molar-refractivity contribution is 7.16. The molecule has 1 aliphatic rings. The lowest BCUT2D eigenvalue weighted by atomic mass is 10.00. The summed E-state index contributed by atoms with van der Waals surface area (Å²) in [6.45, 7) is 0. The van der Waals surface area contributed by atoms with Crippen molar-refractivity contribution >= 4 is 33.1 Å². The smallest absolute Gasteiger partial charge is 0.340 e. The fourth-order valence-electron chi connectivity index (χ4n) is 2.51. The molecule has 0 bridgehead atoms. The number of nitrogens with two attached hydrogens (primary N) is 1. The zero-order valence-corrected chi connectivity index (χ0v) is 12.3. The average Bonchev–Trinajstić information content (AvgIpc) is 3.18. The Morgan fingerprint density at radius 3 is 2.55 bits per heavy atom. The second-order valence-electron chi connectivity index (χ2n) is 5.27. The minimum atomic E-state index is -1.44. The van der Waals surface area contributed by atoms with Crippen LogP contribution in [-0.4, -0.2) is 18.1 Å². The highest BCUT2D eigenvalue weighted by atomic mass is 32.1. The average molecular weight is 326 g/mol. The minimum absolute atomic E-state index is 0.0903. The Labute approximate surface area is 127 Å². The number of hydrogen-bond donors (Lipinski definition) is 3. The van der Waals surface area contributed by atoms with Gasteiger partial charge < -0.3 is 16.2 Å². The molecule has 116 valence electrons. The lowest BCUT2D eigenvalue weighted by molar-refractivity contribution is 0.0696. The Bertz CT molecular complexity index is 875. The summed E-state index contributed by atoms with van der Waals surface area (Å²) in [5.41, 5.74) is 2.96. The van der Waals surface area contributed by atoms with Gasteiger partial charge in [-0.25, -0.2) is 13.6 Å². The van der Waals surface area contributed by atoms with Crippen LogP contribution in [0.3, 0.4) is 0 Å². The van der Waals surface area contributed by atoms with Gasteiger partial charge in [0.25, 0.3) is 0 Å². The minimum Gasteiger partial charge on any atom is -0.478 e. The summed E-state index contributed by atoms with van der Waals surface area (Å²) in [5, 5.41) is 12.3. The number of benzene rings is 1. The summed E-state index contributed by atoms with van der Waals surface area (Å²) in [6, 6.07) is 0. The summed E-state index contributed by atoms with van der Waals surface area (Å²) in [6.07, 6.45) is 0.912. The van der Waals surface area contributed by atoms with Gasteiger partial charge in [0.05, 0.1) is 15.8 Å². The van der Waals surface area contributed by atoms with Crippen LogP contribution < -0.4 is 16.5 Å². The molecular formula is C14H12F2N2O3S. The van der Waals surface area contributed by atoms with E-state index in [9.17, 15) is 18.4 Å². The second kappa shape index (κ2) is 4.72. The van der Waals surface area contributed by atoms with E-state index in [1.807, 2.05) is 0 Å². The predicted octanol–water partition coefficient (Wildman–Crippen LogP) is 2.23. The number of carboxylic acid groups (broad SMARTS) is 1. The monoisotopic (exact) mass is 326 g/mol. The third-order valence-corrected chi connectivity index (χ3v) is 4.84. The van der Waals surface area contributed by atoms with Crippen molar-refractivity contribution in [1.29, 1.82) is 0 Å². The zero-order chi connectivity index (χ0) is 16.2. The normalized spacial score (nSPS) is 15.8. The van der Waals surface area contributed by atoms with E-state index in [0.717, 1.165) is 16.7 Å². The van der Waals surface area contributed by atoms with E-state index in [1.54, 1.807) is 0 Å². The molecule has 1 saturated carbocycles. The molecule has 0 saturated heterocycles. The molecule has 3 rings (SSSR count). The standard InChI is InChI=1S/C14H12F2N2O3S/c1-18-10-6-11(19)5(13(20)21)4-22-12(6)9(16)7(8(10)15)14(17)2-3-14/h4,18H,2-3,17H2,1H3,(H,20,21). The third-order valence-electron chi connectivity index (χ3n) is 3.87. The van der Waals surface area contributed by atoms with Crippen molar-refractivity contribution in [3.8, 4) is 0 Å². The first-order valence-corrected chi connectivity index (χ1v) is 7.36. The number of anilines is 1. The molecular weight excluding hydrogens is 314 g/mol. The Hall–Kier alpha value is -2.06. The molecule has 5 nitrogen and oxygen atoms in total. The Balaban J connectivity index is 2.50. The maximum absolute atomic E-state index is 14.7. The van der Waals surface area contributed by atoms with Crippen LogP contribution in [0.2, 0.25) is 0 Å². The van der Waals surface area contributed by atoms with Crippen molar-refractivity contribution in [3.05, 3.63) is 38.4 Å². The number of rotatable bonds is 3. The van der Waals surface area contributed by atoms with Crippen molar-refractivity contribution in [2.24, 2.45) is 5.73 Å². The second-order valence-corrected chi connectivity index (χ2v) is 6.15. The van der Waals surface area contributed by atoms with E-state index < -0.39 is 34.1 Å². The summed E-state index contributed by atoms with van der Waals surface area (Å²) >= 11 is 0.751. The van der Waals surface area contributed by atoms with Crippen molar-refractivity contribution in [1.82, 2.24) is 0 Å². The summed E-state index contributed by atoms with van der Waals surface area (Å²) in [5.74, 6) is -3.25. The largest absolute Gasteiger partial charge is 0.478 e.